The molecule has 1 heterocycles. The second-order valence-corrected chi connectivity index (χ2v) is 3.12. The SMILES string of the molecule is C=CCn1c(=O)[nH]c([O-])c(C(=O)CC)c1=O.[K+]. The van der Waals surface area contributed by atoms with Crippen molar-refractivity contribution in [2.75, 3.05) is 0 Å². The van der Waals surface area contributed by atoms with Crippen LogP contribution in [0.1, 0.15) is 23.7 Å². The van der Waals surface area contributed by atoms with Crippen LogP contribution in [0, 0.1) is 0 Å². The zero-order chi connectivity index (χ0) is 12.3. The summed E-state index contributed by atoms with van der Waals surface area (Å²) in [7, 11) is 0. The van der Waals surface area contributed by atoms with Crippen molar-refractivity contribution in [3.63, 3.8) is 0 Å². The quantitative estimate of drug-likeness (QED) is 0.344. The Kier molecular flexibility index (Phi) is 6.87. The summed E-state index contributed by atoms with van der Waals surface area (Å²) in [4.78, 5) is 36.2. The summed E-state index contributed by atoms with van der Waals surface area (Å²) in [5.74, 6) is -1.51. The fourth-order valence-electron chi connectivity index (χ4n) is 1.27. The zero-order valence-electron chi connectivity index (χ0n) is 9.78. The van der Waals surface area contributed by atoms with Gasteiger partial charge in [0.1, 0.15) is 0 Å². The van der Waals surface area contributed by atoms with Gasteiger partial charge in [-0.1, -0.05) is 13.0 Å². The van der Waals surface area contributed by atoms with Gasteiger partial charge in [0.25, 0.3) is 5.56 Å². The predicted molar refractivity (Wildman–Crippen MR) is 55.6 cm³/mol. The molecule has 86 valence electrons. The molecule has 6 nitrogen and oxygen atoms in total. The van der Waals surface area contributed by atoms with Gasteiger partial charge in [-0.25, -0.2) is 4.79 Å². The number of aromatic nitrogens is 2. The third-order valence-electron chi connectivity index (χ3n) is 2.06. The van der Waals surface area contributed by atoms with Crippen molar-refractivity contribution in [1.82, 2.24) is 9.55 Å². The van der Waals surface area contributed by atoms with E-state index in [-0.39, 0.29) is 64.4 Å². The molecule has 7 heteroatoms. The van der Waals surface area contributed by atoms with Crippen molar-refractivity contribution >= 4 is 5.78 Å². The molecule has 0 aliphatic rings. The van der Waals surface area contributed by atoms with Crippen LogP contribution in [0.3, 0.4) is 0 Å². The smallest absolute Gasteiger partial charge is 0.859 e. The first-order valence-electron chi connectivity index (χ1n) is 4.71. The first-order chi connectivity index (χ1) is 7.52. The average Bonchev–Trinajstić information content (AvgIpc) is 2.23. The molecule has 0 aliphatic heterocycles. The maximum atomic E-state index is 11.7. The van der Waals surface area contributed by atoms with Crippen LogP contribution in [0.25, 0.3) is 0 Å². The van der Waals surface area contributed by atoms with Crippen LogP contribution in [-0.4, -0.2) is 15.3 Å². The fourth-order valence-corrected chi connectivity index (χ4v) is 1.27. The number of Topliss-reactive ketones (excluding diaryl/α,β-unsaturated/α-hetero) is 1. The Labute approximate surface area is 140 Å². The van der Waals surface area contributed by atoms with E-state index in [0.717, 1.165) is 4.57 Å². The standard InChI is InChI=1S/C10H12N2O4.K/c1-3-5-12-9(15)7(6(13)4-2)8(14)11-10(12)16;/h3,14H,1,4-5H2,2H3,(H,11,16);/q;+1/p-1. The van der Waals surface area contributed by atoms with Gasteiger partial charge < -0.3 is 10.1 Å². The van der Waals surface area contributed by atoms with Crippen molar-refractivity contribution in [1.29, 1.82) is 0 Å². The summed E-state index contributed by atoms with van der Waals surface area (Å²) in [6.45, 7) is 4.87. The normalized spacial score (nSPS) is 9.47. The van der Waals surface area contributed by atoms with Gasteiger partial charge in [-0.3, -0.25) is 14.2 Å². The van der Waals surface area contributed by atoms with Crippen LogP contribution in [0.2, 0.25) is 0 Å². The number of nitrogens with zero attached hydrogens (tertiary/aromatic N) is 1. The van der Waals surface area contributed by atoms with Crippen molar-refractivity contribution < 1.29 is 61.3 Å². The van der Waals surface area contributed by atoms with Crippen LogP contribution >= 0.6 is 0 Å². The molecule has 0 atom stereocenters. The summed E-state index contributed by atoms with van der Waals surface area (Å²) in [6.07, 6.45) is 1.37. The molecule has 0 aromatic carbocycles. The molecule has 0 unspecified atom stereocenters. The number of allylic oxidation sites excluding steroid dienone is 1. The van der Waals surface area contributed by atoms with Crippen molar-refractivity contribution in [3.8, 4) is 5.88 Å². The molecule has 0 aliphatic carbocycles. The summed E-state index contributed by atoms with van der Waals surface area (Å²) < 4.78 is 0.761. The van der Waals surface area contributed by atoms with E-state index in [1.165, 1.54) is 13.0 Å². The minimum atomic E-state index is -0.929. The van der Waals surface area contributed by atoms with Crippen LogP contribution in [0.4, 0.5) is 0 Å². The number of rotatable bonds is 4. The van der Waals surface area contributed by atoms with Crippen LogP contribution in [-0.2, 0) is 6.54 Å². The van der Waals surface area contributed by atoms with E-state index < -0.39 is 28.5 Å². The van der Waals surface area contributed by atoms with Crippen LogP contribution in [0.15, 0.2) is 22.2 Å². The van der Waals surface area contributed by atoms with Gasteiger partial charge in [0.05, 0.1) is 5.56 Å². The monoisotopic (exact) mass is 262 g/mol. The molecule has 0 fully saturated rings. The number of hydrogen-bond acceptors (Lipinski definition) is 4. The first kappa shape index (κ1) is 16.5. The average molecular weight is 262 g/mol. The van der Waals surface area contributed by atoms with E-state index in [1.54, 1.807) is 0 Å². The van der Waals surface area contributed by atoms with Crippen molar-refractivity contribution in [3.05, 3.63) is 39.1 Å². The Bertz CT molecular complexity index is 544. The Morgan fingerprint density at radius 3 is 2.59 bits per heavy atom. The van der Waals surface area contributed by atoms with E-state index in [9.17, 15) is 19.5 Å². The van der Waals surface area contributed by atoms with Crippen molar-refractivity contribution in [2.45, 2.75) is 19.9 Å². The Morgan fingerprint density at radius 1 is 1.53 bits per heavy atom. The molecule has 1 aromatic heterocycles. The third kappa shape index (κ3) is 3.49. The molecule has 1 rings (SSSR count). The molecule has 1 aromatic rings. The van der Waals surface area contributed by atoms with Gasteiger partial charge in [-0.2, -0.15) is 0 Å². The summed E-state index contributed by atoms with van der Waals surface area (Å²) in [5, 5.41) is 11.3. The Hall–Kier alpha value is -0.474. The summed E-state index contributed by atoms with van der Waals surface area (Å²) >= 11 is 0. The fraction of sp³-hybridized carbons (Fsp3) is 0.300. The number of carbonyl (C=O) groups is 1. The minimum Gasteiger partial charge on any atom is -0.859 e. The molecular formula is C10H11KN2O4. The number of nitrogens with one attached hydrogen (secondary N) is 1. The van der Waals surface area contributed by atoms with E-state index in [0.29, 0.717) is 0 Å². The molecule has 17 heavy (non-hydrogen) atoms. The molecule has 1 N–H and O–H groups in total. The molecule has 0 bridgehead atoms. The largest absolute Gasteiger partial charge is 1.00 e. The maximum absolute atomic E-state index is 11.7. The summed E-state index contributed by atoms with van der Waals surface area (Å²) in [5.41, 5.74) is -2.19. The van der Waals surface area contributed by atoms with Crippen LogP contribution in [0.5, 0.6) is 5.88 Å². The third-order valence-corrected chi connectivity index (χ3v) is 2.06. The zero-order valence-corrected chi connectivity index (χ0v) is 12.9. The second-order valence-electron chi connectivity index (χ2n) is 3.12. The molecule has 0 saturated heterocycles. The van der Waals surface area contributed by atoms with Crippen molar-refractivity contribution in [2.24, 2.45) is 0 Å². The number of ketones is 1. The van der Waals surface area contributed by atoms with Gasteiger partial charge in [0.2, 0.25) is 0 Å². The number of carbonyl (C=O) groups excluding carboxylic acids is 1. The van der Waals surface area contributed by atoms with E-state index >= 15 is 0 Å². The van der Waals surface area contributed by atoms with Gasteiger partial charge in [-0.15, -0.1) is 6.58 Å². The topological polar surface area (TPSA) is 95.0 Å². The summed E-state index contributed by atoms with van der Waals surface area (Å²) in [6, 6.07) is 0. The van der Waals surface area contributed by atoms with Gasteiger partial charge in [0.15, 0.2) is 5.78 Å². The van der Waals surface area contributed by atoms with E-state index in [4.69, 9.17) is 0 Å². The van der Waals surface area contributed by atoms with Gasteiger partial charge in [-0.05, 0) is 5.88 Å². The molecule has 0 amide bonds. The maximum Gasteiger partial charge on any atom is 1.00 e. The molecular weight excluding hydrogens is 251 g/mol. The van der Waals surface area contributed by atoms with Gasteiger partial charge >= 0.3 is 57.1 Å². The predicted octanol–water partition coefficient (Wildman–Crippen LogP) is -3.61. The molecule has 0 spiro atoms. The molecule has 0 saturated carbocycles. The Morgan fingerprint density at radius 2 is 2.12 bits per heavy atom. The second kappa shape index (κ2) is 7.07. The number of H-pyrrole nitrogens is 1. The van der Waals surface area contributed by atoms with E-state index in [2.05, 4.69) is 6.58 Å². The number of aromatic amines is 1. The van der Waals surface area contributed by atoms with Gasteiger partial charge in [0, 0.05) is 13.0 Å². The Balaban J connectivity index is 0.00000256. The number of hydrogen-bond donors (Lipinski definition) is 1. The van der Waals surface area contributed by atoms with E-state index in [1.807, 2.05) is 4.98 Å². The van der Waals surface area contributed by atoms with Crippen LogP contribution < -0.4 is 67.7 Å². The molecule has 0 radical (unpaired) electrons. The minimum absolute atomic E-state index is 0. The first-order valence-corrected chi connectivity index (χ1v) is 4.71.